The molecule has 1 heterocycles. The van der Waals surface area contributed by atoms with Gasteiger partial charge in [0, 0.05) is 16.6 Å². The van der Waals surface area contributed by atoms with E-state index in [1.165, 1.54) is 0 Å². The molecule has 6 nitrogen and oxygen atoms in total. The van der Waals surface area contributed by atoms with Gasteiger partial charge in [-0.25, -0.2) is 0 Å². The van der Waals surface area contributed by atoms with Crippen molar-refractivity contribution in [1.29, 1.82) is 0 Å². The van der Waals surface area contributed by atoms with Crippen LogP contribution in [0.3, 0.4) is 0 Å². The van der Waals surface area contributed by atoms with Crippen LogP contribution in [0.25, 0.3) is 17.0 Å². The molecule has 4 aromatic rings. The Hall–Kier alpha value is -4.19. The van der Waals surface area contributed by atoms with Crippen LogP contribution in [0.4, 0.5) is 5.69 Å². The minimum atomic E-state index is -0.416. The number of nitrogens with one attached hydrogen (secondary N) is 3. The lowest BCUT2D eigenvalue weighted by atomic mass is 10.1. The molecule has 3 N–H and O–H groups in total. The Morgan fingerprint density at radius 3 is 2.38 bits per heavy atom. The molecule has 4 rings (SSSR count). The van der Waals surface area contributed by atoms with Gasteiger partial charge in [-0.1, -0.05) is 48.5 Å². The zero-order chi connectivity index (χ0) is 20.1. The van der Waals surface area contributed by atoms with Gasteiger partial charge in [0.2, 0.25) is 0 Å². The first-order valence-electron chi connectivity index (χ1n) is 9.07. The molecule has 0 fully saturated rings. The summed E-state index contributed by atoms with van der Waals surface area (Å²) in [7, 11) is 0. The Labute approximate surface area is 167 Å². The second-order valence-electron chi connectivity index (χ2n) is 6.42. The van der Waals surface area contributed by atoms with Crippen LogP contribution in [0.1, 0.15) is 15.9 Å². The third-order valence-corrected chi connectivity index (χ3v) is 4.34. The largest absolute Gasteiger partial charge is 0.321 e. The quantitative estimate of drug-likeness (QED) is 0.457. The third kappa shape index (κ3) is 4.39. The zero-order valence-electron chi connectivity index (χ0n) is 15.4. The van der Waals surface area contributed by atoms with Crippen molar-refractivity contribution in [2.45, 2.75) is 0 Å². The number of H-pyrrole nitrogens is 1. The maximum absolute atomic E-state index is 12.9. The number of aromatic amines is 1. The molecule has 0 atom stereocenters. The molecule has 3 aromatic carbocycles. The van der Waals surface area contributed by atoms with Crippen LogP contribution in [0, 0.1) is 0 Å². The minimum Gasteiger partial charge on any atom is -0.321 e. The molecule has 1 aromatic heterocycles. The highest BCUT2D eigenvalue weighted by Crippen LogP contribution is 2.17. The molecule has 0 radical (unpaired) electrons. The average molecular weight is 382 g/mol. The normalized spacial score (nSPS) is 11.2. The summed E-state index contributed by atoms with van der Waals surface area (Å²) in [5, 5.41) is 13.3. The number of hydrogen-bond acceptors (Lipinski definition) is 3. The van der Waals surface area contributed by atoms with E-state index in [9.17, 15) is 9.59 Å². The molecule has 0 saturated carbocycles. The van der Waals surface area contributed by atoms with E-state index in [0.29, 0.717) is 11.3 Å². The molecular formula is C23H18N4O2. The Bertz CT molecular complexity index is 1180. The number of amides is 2. The third-order valence-electron chi connectivity index (χ3n) is 4.34. The molecule has 0 unspecified atom stereocenters. The molecule has 2 amide bonds. The van der Waals surface area contributed by atoms with Gasteiger partial charge < -0.3 is 10.6 Å². The van der Waals surface area contributed by atoms with Gasteiger partial charge in [-0.3, -0.25) is 14.7 Å². The Kier molecular flexibility index (Phi) is 5.16. The average Bonchev–Trinajstić information content (AvgIpc) is 3.22. The van der Waals surface area contributed by atoms with Crippen molar-refractivity contribution in [2.24, 2.45) is 0 Å². The van der Waals surface area contributed by atoms with Gasteiger partial charge in [0.05, 0.1) is 11.7 Å². The molecule has 0 spiro atoms. The number of fused-ring (bicyclic) bond motifs is 1. The Morgan fingerprint density at radius 1 is 0.897 bits per heavy atom. The molecule has 0 saturated heterocycles. The lowest BCUT2D eigenvalue weighted by molar-refractivity contribution is -0.113. The second-order valence-corrected chi connectivity index (χ2v) is 6.42. The number of carbonyl (C=O) groups is 2. The number of benzene rings is 3. The molecule has 6 heteroatoms. The highest BCUT2D eigenvalue weighted by atomic mass is 16.2. The monoisotopic (exact) mass is 382 g/mol. The molecule has 29 heavy (non-hydrogen) atoms. The van der Waals surface area contributed by atoms with E-state index in [0.717, 1.165) is 16.5 Å². The van der Waals surface area contributed by atoms with Gasteiger partial charge in [0.25, 0.3) is 11.8 Å². The summed E-state index contributed by atoms with van der Waals surface area (Å²) in [6, 6.07) is 23.5. The van der Waals surface area contributed by atoms with Gasteiger partial charge >= 0.3 is 0 Å². The molecule has 0 aliphatic heterocycles. The van der Waals surface area contributed by atoms with Gasteiger partial charge in [-0.05, 0) is 42.0 Å². The summed E-state index contributed by atoms with van der Waals surface area (Å²) in [6.07, 6.45) is 3.33. The lowest BCUT2D eigenvalue weighted by Gasteiger charge is -2.11. The van der Waals surface area contributed by atoms with E-state index in [4.69, 9.17) is 0 Å². The number of carbonyl (C=O) groups excluding carboxylic acids is 2. The van der Waals surface area contributed by atoms with Crippen molar-refractivity contribution in [2.75, 3.05) is 5.32 Å². The molecule has 142 valence electrons. The number of nitrogens with zero attached hydrogens (tertiary/aromatic N) is 1. The van der Waals surface area contributed by atoms with Crippen molar-refractivity contribution < 1.29 is 9.59 Å². The fourth-order valence-electron chi connectivity index (χ4n) is 2.88. The van der Waals surface area contributed by atoms with Crippen molar-refractivity contribution >= 4 is 34.5 Å². The van der Waals surface area contributed by atoms with Crippen molar-refractivity contribution in [3.05, 3.63) is 102 Å². The second kappa shape index (κ2) is 8.22. The smallest absolute Gasteiger partial charge is 0.272 e. The van der Waals surface area contributed by atoms with Crippen LogP contribution in [-0.2, 0) is 4.79 Å². The van der Waals surface area contributed by atoms with Crippen LogP contribution < -0.4 is 10.6 Å². The fourth-order valence-corrected chi connectivity index (χ4v) is 2.88. The van der Waals surface area contributed by atoms with E-state index >= 15 is 0 Å². The minimum absolute atomic E-state index is 0.150. The molecule has 0 aliphatic carbocycles. The number of rotatable bonds is 5. The van der Waals surface area contributed by atoms with Gasteiger partial charge in [-0.2, -0.15) is 5.10 Å². The van der Waals surface area contributed by atoms with E-state index in [1.807, 2.05) is 48.5 Å². The molecule has 0 aliphatic rings. The Balaban J connectivity index is 1.60. The predicted octanol–water partition coefficient (Wildman–Crippen LogP) is 3.97. The van der Waals surface area contributed by atoms with Gasteiger partial charge in [0.1, 0.15) is 5.70 Å². The van der Waals surface area contributed by atoms with Crippen LogP contribution in [0.2, 0.25) is 0 Å². The summed E-state index contributed by atoms with van der Waals surface area (Å²) < 4.78 is 0. The summed E-state index contributed by atoms with van der Waals surface area (Å²) >= 11 is 0. The number of aromatic nitrogens is 2. The van der Waals surface area contributed by atoms with E-state index in [-0.39, 0.29) is 11.6 Å². The van der Waals surface area contributed by atoms with Crippen molar-refractivity contribution in [3.63, 3.8) is 0 Å². The number of hydrogen-bond donors (Lipinski definition) is 3. The summed E-state index contributed by atoms with van der Waals surface area (Å²) in [5.41, 5.74) is 2.91. The first-order chi connectivity index (χ1) is 14.2. The standard InChI is InChI=1S/C23H18N4O2/c28-22(17-9-5-2-6-10-17)26-21(13-16-7-3-1-4-8-16)23(29)25-19-11-12-20-18(14-19)15-24-27-20/h1-15H,(H,24,27)(H,25,29)(H,26,28). The maximum Gasteiger partial charge on any atom is 0.272 e. The molecular weight excluding hydrogens is 364 g/mol. The van der Waals surface area contributed by atoms with E-state index in [1.54, 1.807) is 42.6 Å². The molecule has 0 bridgehead atoms. The first kappa shape index (κ1) is 18.2. The zero-order valence-corrected chi connectivity index (χ0v) is 15.4. The lowest BCUT2D eigenvalue weighted by Crippen LogP contribution is -2.30. The SMILES string of the molecule is O=C(Nc1ccc2[nH]ncc2c1)C(=Cc1ccccc1)NC(=O)c1ccccc1. The van der Waals surface area contributed by atoms with Crippen molar-refractivity contribution in [1.82, 2.24) is 15.5 Å². The topological polar surface area (TPSA) is 86.9 Å². The van der Waals surface area contributed by atoms with Crippen molar-refractivity contribution in [3.8, 4) is 0 Å². The maximum atomic E-state index is 12.9. The van der Waals surface area contributed by atoms with Gasteiger partial charge in [0.15, 0.2) is 0 Å². The van der Waals surface area contributed by atoms with Crippen LogP contribution in [0.5, 0.6) is 0 Å². The highest BCUT2D eigenvalue weighted by Gasteiger charge is 2.15. The van der Waals surface area contributed by atoms with Crippen LogP contribution >= 0.6 is 0 Å². The first-order valence-corrected chi connectivity index (χ1v) is 9.07. The van der Waals surface area contributed by atoms with E-state index < -0.39 is 5.91 Å². The number of anilines is 1. The van der Waals surface area contributed by atoms with E-state index in [2.05, 4.69) is 20.8 Å². The Morgan fingerprint density at radius 2 is 1.62 bits per heavy atom. The summed E-state index contributed by atoms with van der Waals surface area (Å²) in [4.78, 5) is 25.5. The summed E-state index contributed by atoms with van der Waals surface area (Å²) in [5.74, 6) is -0.769. The van der Waals surface area contributed by atoms with Crippen LogP contribution in [0.15, 0.2) is 90.8 Å². The predicted molar refractivity (Wildman–Crippen MR) is 113 cm³/mol. The van der Waals surface area contributed by atoms with Gasteiger partial charge in [-0.15, -0.1) is 0 Å². The summed E-state index contributed by atoms with van der Waals surface area (Å²) in [6.45, 7) is 0. The highest BCUT2D eigenvalue weighted by molar-refractivity contribution is 6.11. The fraction of sp³-hybridized carbons (Fsp3) is 0. The van der Waals surface area contributed by atoms with Crippen LogP contribution in [-0.4, -0.2) is 22.0 Å².